The molecule has 0 aliphatic heterocycles. The van der Waals surface area contributed by atoms with Crippen molar-refractivity contribution in [3.63, 3.8) is 0 Å². The molecule has 4 heteroatoms. The molecule has 1 saturated carbocycles. The highest BCUT2D eigenvalue weighted by atomic mass is 19.1. The van der Waals surface area contributed by atoms with Gasteiger partial charge >= 0.3 is 0 Å². The summed E-state index contributed by atoms with van der Waals surface area (Å²) in [6.45, 7) is 0.732. The van der Waals surface area contributed by atoms with Crippen LogP contribution in [0.5, 0.6) is 0 Å². The average molecular weight is 222 g/mol. The van der Waals surface area contributed by atoms with Crippen molar-refractivity contribution < 1.29 is 8.78 Å². The van der Waals surface area contributed by atoms with Gasteiger partial charge in [-0.05, 0) is 43.0 Å². The average Bonchev–Trinajstić information content (AvgIpc) is 3.01. The van der Waals surface area contributed by atoms with Gasteiger partial charge in [-0.3, -0.25) is 5.32 Å². The highest BCUT2D eigenvalue weighted by Crippen LogP contribution is 2.28. The van der Waals surface area contributed by atoms with E-state index in [0.29, 0.717) is 11.5 Å². The summed E-state index contributed by atoms with van der Waals surface area (Å²) in [5.74, 6) is -0.679. The fraction of sp³-hybridized carbons (Fsp3) is 0.417. The van der Waals surface area contributed by atoms with Crippen LogP contribution in [0.3, 0.4) is 0 Å². The molecule has 2 rings (SSSR count). The fourth-order valence-corrected chi connectivity index (χ4v) is 1.59. The maximum atomic E-state index is 13.0. The molecule has 0 bridgehead atoms. The van der Waals surface area contributed by atoms with Crippen LogP contribution < -0.4 is 5.32 Å². The van der Waals surface area contributed by atoms with E-state index < -0.39 is 17.7 Å². The van der Waals surface area contributed by atoms with Crippen LogP contribution in [-0.2, 0) is 0 Å². The summed E-state index contributed by atoms with van der Waals surface area (Å²) >= 11 is 0. The minimum absolute atomic E-state index is 0.348. The van der Waals surface area contributed by atoms with Crippen LogP contribution in [0.15, 0.2) is 18.2 Å². The van der Waals surface area contributed by atoms with Gasteiger partial charge in [0, 0.05) is 6.07 Å². The number of hydrogen-bond donors (Lipinski definition) is 1. The Bertz CT molecular complexity index is 401. The van der Waals surface area contributed by atoms with Gasteiger partial charge in [-0.15, -0.1) is 0 Å². The van der Waals surface area contributed by atoms with Crippen molar-refractivity contribution in [2.45, 2.75) is 18.9 Å². The fourth-order valence-electron chi connectivity index (χ4n) is 1.59. The quantitative estimate of drug-likeness (QED) is 0.849. The van der Waals surface area contributed by atoms with Crippen molar-refractivity contribution in [2.75, 3.05) is 6.54 Å². The van der Waals surface area contributed by atoms with E-state index in [1.54, 1.807) is 0 Å². The molecule has 1 aliphatic carbocycles. The van der Waals surface area contributed by atoms with Crippen LogP contribution in [0.25, 0.3) is 0 Å². The van der Waals surface area contributed by atoms with Gasteiger partial charge in [-0.1, -0.05) is 0 Å². The predicted molar refractivity (Wildman–Crippen MR) is 55.4 cm³/mol. The first-order valence-corrected chi connectivity index (χ1v) is 5.28. The Morgan fingerprint density at radius 3 is 2.44 bits per heavy atom. The number of nitrogens with one attached hydrogen (secondary N) is 1. The molecular formula is C12H12F2N2. The van der Waals surface area contributed by atoms with E-state index in [0.717, 1.165) is 12.6 Å². The van der Waals surface area contributed by atoms with Gasteiger partial charge in [0.2, 0.25) is 0 Å². The van der Waals surface area contributed by atoms with Gasteiger partial charge in [0.15, 0.2) is 0 Å². The molecule has 0 amide bonds. The van der Waals surface area contributed by atoms with E-state index in [9.17, 15) is 8.78 Å². The summed E-state index contributed by atoms with van der Waals surface area (Å²) in [6, 6.07) is 4.57. The zero-order chi connectivity index (χ0) is 11.5. The van der Waals surface area contributed by atoms with E-state index in [-0.39, 0.29) is 0 Å². The lowest BCUT2D eigenvalue weighted by Crippen LogP contribution is -2.22. The highest BCUT2D eigenvalue weighted by Gasteiger charge is 2.22. The van der Waals surface area contributed by atoms with E-state index >= 15 is 0 Å². The largest absolute Gasteiger partial charge is 0.298 e. The van der Waals surface area contributed by atoms with Gasteiger partial charge in [-0.25, -0.2) is 8.78 Å². The minimum atomic E-state index is -0.650. The number of rotatable bonds is 4. The standard InChI is InChI=1S/C12H12F2N2/c13-10-3-9(4-11(14)5-10)12(6-15)16-7-8-1-2-8/h3-5,8,12,16H,1-2,7H2. The van der Waals surface area contributed by atoms with Crippen LogP contribution >= 0.6 is 0 Å². The Hall–Kier alpha value is -1.47. The maximum Gasteiger partial charge on any atom is 0.126 e. The van der Waals surface area contributed by atoms with Gasteiger partial charge in [0.05, 0.1) is 6.07 Å². The molecule has 2 nitrogen and oxygen atoms in total. The normalized spacial score (nSPS) is 16.8. The second-order valence-electron chi connectivity index (χ2n) is 4.12. The molecule has 1 aromatic carbocycles. The number of nitriles is 1. The molecule has 1 aliphatic rings. The predicted octanol–water partition coefficient (Wildman–Crippen LogP) is 2.53. The lowest BCUT2D eigenvalue weighted by atomic mass is 10.1. The summed E-state index contributed by atoms with van der Waals surface area (Å²) in [7, 11) is 0. The molecule has 1 N–H and O–H groups in total. The topological polar surface area (TPSA) is 35.8 Å². The van der Waals surface area contributed by atoms with Crippen LogP contribution in [0.2, 0.25) is 0 Å². The third kappa shape index (κ3) is 2.77. The Morgan fingerprint density at radius 1 is 1.31 bits per heavy atom. The molecule has 0 spiro atoms. The molecule has 16 heavy (non-hydrogen) atoms. The van der Waals surface area contributed by atoms with Gasteiger partial charge in [0.25, 0.3) is 0 Å². The van der Waals surface area contributed by atoms with Gasteiger partial charge in [0.1, 0.15) is 17.7 Å². The zero-order valence-corrected chi connectivity index (χ0v) is 8.71. The van der Waals surface area contributed by atoms with E-state index in [1.165, 1.54) is 25.0 Å². The lowest BCUT2D eigenvalue weighted by Gasteiger charge is -2.11. The number of benzene rings is 1. The SMILES string of the molecule is N#CC(NCC1CC1)c1cc(F)cc(F)c1. The first kappa shape index (κ1) is 11.0. The third-order valence-electron chi connectivity index (χ3n) is 2.65. The van der Waals surface area contributed by atoms with Gasteiger partial charge in [-0.2, -0.15) is 5.26 Å². The van der Waals surface area contributed by atoms with Crippen molar-refractivity contribution in [2.24, 2.45) is 5.92 Å². The molecule has 0 radical (unpaired) electrons. The Kier molecular flexibility index (Phi) is 3.16. The molecular weight excluding hydrogens is 210 g/mol. The Balaban J connectivity index is 2.08. The van der Waals surface area contributed by atoms with Crippen molar-refractivity contribution in [3.05, 3.63) is 35.4 Å². The molecule has 84 valence electrons. The summed E-state index contributed by atoms with van der Waals surface area (Å²) in [4.78, 5) is 0. The lowest BCUT2D eigenvalue weighted by molar-refractivity contribution is 0.559. The van der Waals surface area contributed by atoms with Crippen LogP contribution in [-0.4, -0.2) is 6.54 Å². The van der Waals surface area contributed by atoms with Crippen molar-refractivity contribution in [1.82, 2.24) is 5.32 Å². The smallest absolute Gasteiger partial charge is 0.126 e. The second kappa shape index (κ2) is 4.58. The molecule has 0 aromatic heterocycles. The number of halogens is 2. The third-order valence-corrected chi connectivity index (χ3v) is 2.65. The van der Waals surface area contributed by atoms with Gasteiger partial charge < -0.3 is 0 Å². The molecule has 0 saturated heterocycles. The molecule has 1 unspecified atom stereocenters. The Labute approximate surface area is 92.9 Å². The van der Waals surface area contributed by atoms with Crippen LogP contribution in [0.1, 0.15) is 24.4 Å². The second-order valence-corrected chi connectivity index (χ2v) is 4.12. The van der Waals surface area contributed by atoms with Crippen molar-refractivity contribution in [3.8, 4) is 6.07 Å². The van der Waals surface area contributed by atoms with Crippen LogP contribution in [0, 0.1) is 28.9 Å². The summed E-state index contributed by atoms with van der Waals surface area (Å²) in [5, 5.41) is 11.9. The zero-order valence-electron chi connectivity index (χ0n) is 8.71. The first-order chi connectivity index (χ1) is 7.69. The molecule has 1 fully saturated rings. The Morgan fingerprint density at radius 2 is 1.94 bits per heavy atom. The van der Waals surface area contributed by atoms with Crippen LogP contribution in [0.4, 0.5) is 8.78 Å². The number of hydrogen-bond acceptors (Lipinski definition) is 2. The first-order valence-electron chi connectivity index (χ1n) is 5.28. The monoisotopic (exact) mass is 222 g/mol. The molecule has 0 heterocycles. The van der Waals surface area contributed by atoms with E-state index in [4.69, 9.17) is 5.26 Å². The van der Waals surface area contributed by atoms with E-state index in [1.807, 2.05) is 6.07 Å². The molecule has 1 atom stereocenters. The van der Waals surface area contributed by atoms with Crippen molar-refractivity contribution >= 4 is 0 Å². The maximum absolute atomic E-state index is 13.0. The molecule has 1 aromatic rings. The van der Waals surface area contributed by atoms with E-state index in [2.05, 4.69) is 5.32 Å². The summed E-state index contributed by atoms with van der Waals surface area (Å²) in [6.07, 6.45) is 2.34. The van der Waals surface area contributed by atoms with Crippen molar-refractivity contribution in [1.29, 1.82) is 5.26 Å². The summed E-state index contributed by atoms with van der Waals surface area (Å²) in [5.41, 5.74) is 0.348. The highest BCUT2D eigenvalue weighted by molar-refractivity contribution is 5.25. The summed E-state index contributed by atoms with van der Waals surface area (Å²) < 4.78 is 25.9. The number of nitrogens with zero attached hydrogens (tertiary/aromatic N) is 1. The minimum Gasteiger partial charge on any atom is -0.298 e.